The number of aryl methyl sites for hydroxylation is 1. The van der Waals surface area contributed by atoms with E-state index in [0.717, 1.165) is 16.1 Å². The third-order valence-electron chi connectivity index (χ3n) is 7.43. The highest BCUT2D eigenvalue weighted by Crippen LogP contribution is 2.46. The van der Waals surface area contributed by atoms with Crippen molar-refractivity contribution in [3.8, 4) is 39.6 Å². The van der Waals surface area contributed by atoms with E-state index in [1.807, 2.05) is 0 Å². The fourth-order valence-electron chi connectivity index (χ4n) is 5.32. The van der Waals surface area contributed by atoms with Gasteiger partial charge in [0, 0.05) is 32.7 Å². The van der Waals surface area contributed by atoms with Gasteiger partial charge >= 0.3 is 5.97 Å². The van der Waals surface area contributed by atoms with Crippen molar-refractivity contribution in [3.63, 3.8) is 0 Å². The molecule has 0 aliphatic rings. The number of hydrogen-bond donors (Lipinski definition) is 0. The van der Waals surface area contributed by atoms with Gasteiger partial charge in [0.05, 0.1) is 28.8 Å². The summed E-state index contributed by atoms with van der Waals surface area (Å²) in [5, 5.41) is 12.2. The van der Waals surface area contributed by atoms with Crippen LogP contribution in [0.15, 0.2) is 95.2 Å². The van der Waals surface area contributed by atoms with E-state index in [-0.39, 0.29) is 37.6 Å². The normalized spacial score (nSPS) is 11.5. The zero-order valence-corrected chi connectivity index (χ0v) is 26.0. The van der Waals surface area contributed by atoms with E-state index in [1.165, 1.54) is 55.7 Å². The predicted molar refractivity (Wildman–Crippen MR) is 171 cm³/mol. The summed E-state index contributed by atoms with van der Waals surface area (Å²) in [4.78, 5) is 12.2. The van der Waals surface area contributed by atoms with Crippen LogP contribution in [0.4, 0.5) is 8.78 Å². The second kappa shape index (κ2) is 11.6. The molecule has 0 aliphatic heterocycles. The summed E-state index contributed by atoms with van der Waals surface area (Å²) < 4.78 is 63.9. The highest BCUT2D eigenvalue weighted by Gasteiger charge is 2.30. The van der Waals surface area contributed by atoms with Gasteiger partial charge in [0.1, 0.15) is 22.6 Å². The Balaban J connectivity index is 1.71. The Morgan fingerprint density at radius 2 is 1.73 bits per heavy atom. The Morgan fingerprint density at radius 1 is 0.956 bits per heavy atom. The van der Waals surface area contributed by atoms with Crippen molar-refractivity contribution >= 4 is 49.8 Å². The van der Waals surface area contributed by atoms with E-state index < -0.39 is 27.6 Å². The standard InChI is InChI=1S/C34H21ClF2N2O4S2/c1-19-14-24(8-10-29(19)37)45(41,42)39-30-11-7-23(36)17-27(30)32(26-12-13-44-31(26)18-38)33(39)21-5-3-4-20(15-21)25-9-6-22(16-28(25)35)34(40)43-2/h3-17H,1-2H3. The number of rotatable bonds is 6. The van der Waals surface area contributed by atoms with Crippen LogP contribution in [0.25, 0.3) is 44.4 Å². The Bertz CT molecular complexity index is 2320. The molecule has 2 heterocycles. The molecule has 11 heteroatoms. The summed E-state index contributed by atoms with van der Waals surface area (Å²) >= 11 is 7.77. The first kappa shape index (κ1) is 30.2. The highest BCUT2D eigenvalue weighted by atomic mass is 35.5. The van der Waals surface area contributed by atoms with E-state index in [2.05, 4.69) is 6.07 Å². The van der Waals surface area contributed by atoms with Crippen molar-refractivity contribution in [3.05, 3.63) is 123 Å². The largest absolute Gasteiger partial charge is 0.465 e. The van der Waals surface area contributed by atoms with Gasteiger partial charge in [0.15, 0.2) is 0 Å². The van der Waals surface area contributed by atoms with Gasteiger partial charge in [-0.1, -0.05) is 35.9 Å². The summed E-state index contributed by atoms with van der Waals surface area (Å²) in [6.07, 6.45) is 0. The molecule has 0 bridgehead atoms. The van der Waals surface area contributed by atoms with Crippen LogP contribution < -0.4 is 0 Å². The van der Waals surface area contributed by atoms with Crippen molar-refractivity contribution < 1.29 is 26.7 Å². The number of fused-ring (bicyclic) bond motifs is 1. The molecule has 6 nitrogen and oxygen atoms in total. The number of nitrogens with zero attached hydrogens (tertiary/aromatic N) is 2. The van der Waals surface area contributed by atoms with E-state index in [1.54, 1.807) is 47.8 Å². The van der Waals surface area contributed by atoms with E-state index >= 15 is 0 Å². The highest BCUT2D eigenvalue weighted by molar-refractivity contribution is 7.90. The second-order valence-electron chi connectivity index (χ2n) is 10.1. The molecule has 0 aliphatic carbocycles. The van der Waals surface area contributed by atoms with Crippen LogP contribution in [0, 0.1) is 29.9 Å². The van der Waals surface area contributed by atoms with Crippen molar-refractivity contribution in [2.45, 2.75) is 11.8 Å². The summed E-state index contributed by atoms with van der Waals surface area (Å²) in [5.74, 6) is -1.71. The summed E-state index contributed by atoms with van der Waals surface area (Å²) in [6.45, 7) is 1.47. The molecular weight excluding hydrogens is 638 g/mol. The molecule has 45 heavy (non-hydrogen) atoms. The van der Waals surface area contributed by atoms with Crippen LogP contribution in [-0.4, -0.2) is 25.5 Å². The van der Waals surface area contributed by atoms with Crippen LogP contribution in [0.1, 0.15) is 20.8 Å². The summed E-state index contributed by atoms with van der Waals surface area (Å²) in [7, 11) is -3.15. The molecule has 4 aromatic carbocycles. The van der Waals surface area contributed by atoms with Crippen molar-refractivity contribution in [2.75, 3.05) is 7.11 Å². The van der Waals surface area contributed by atoms with Crippen LogP contribution in [0.2, 0.25) is 5.02 Å². The lowest BCUT2D eigenvalue weighted by Crippen LogP contribution is -2.15. The van der Waals surface area contributed by atoms with Gasteiger partial charge < -0.3 is 4.74 Å². The number of carbonyl (C=O) groups is 1. The zero-order chi connectivity index (χ0) is 32.0. The summed E-state index contributed by atoms with van der Waals surface area (Å²) in [6, 6.07) is 22.8. The maximum atomic E-state index is 14.8. The molecule has 0 spiro atoms. The van der Waals surface area contributed by atoms with Crippen LogP contribution in [0.3, 0.4) is 0 Å². The number of methoxy groups -OCH3 is 1. The zero-order valence-electron chi connectivity index (χ0n) is 23.6. The number of esters is 1. The van der Waals surface area contributed by atoms with Gasteiger partial charge in [-0.25, -0.2) is 26.0 Å². The first-order valence-corrected chi connectivity index (χ1v) is 16.1. The minimum absolute atomic E-state index is 0.136. The maximum absolute atomic E-state index is 14.8. The average Bonchev–Trinajstić information content (AvgIpc) is 3.64. The van der Waals surface area contributed by atoms with Crippen LogP contribution in [0.5, 0.6) is 0 Å². The molecular formula is C34H21ClF2N2O4S2. The lowest BCUT2D eigenvalue weighted by atomic mass is 9.96. The lowest BCUT2D eigenvalue weighted by Gasteiger charge is -2.15. The molecule has 0 atom stereocenters. The predicted octanol–water partition coefficient (Wildman–Crippen LogP) is 8.84. The van der Waals surface area contributed by atoms with Gasteiger partial charge in [-0.05, 0) is 84.1 Å². The van der Waals surface area contributed by atoms with E-state index in [9.17, 15) is 27.3 Å². The van der Waals surface area contributed by atoms with Gasteiger partial charge in [-0.15, -0.1) is 11.3 Å². The Kier molecular flexibility index (Phi) is 7.79. The quantitative estimate of drug-likeness (QED) is 0.167. The fourth-order valence-corrected chi connectivity index (χ4v) is 7.93. The fraction of sp³-hybridized carbons (Fsp3) is 0.0588. The third kappa shape index (κ3) is 5.19. The number of nitriles is 1. The Labute approximate surface area is 266 Å². The number of thiophene rings is 1. The van der Waals surface area contributed by atoms with E-state index in [0.29, 0.717) is 32.7 Å². The van der Waals surface area contributed by atoms with Crippen molar-refractivity contribution in [1.82, 2.24) is 3.97 Å². The summed E-state index contributed by atoms with van der Waals surface area (Å²) in [5.41, 5.74) is 3.10. The molecule has 0 unspecified atom stereocenters. The first-order valence-electron chi connectivity index (χ1n) is 13.4. The van der Waals surface area contributed by atoms with Gasteiger partial charge in [0.25, 0.3) is 10.0 Å². The molecule has 0 N–H and O–H groups in total. The number of aromatic nitrogens is 1. The van der Waals surface area contributed by atoms with Crippen LogP contribution >= 0.6 is 22.9 Å². The first-order chi connectivity index (χ1) is 21.5. The molecule has 2 aromatic heterocycles. The van der Waals surface area contributed by atoms with E-state index in [4.69, 9.17) is 16.3 Å². The molecule has 224 valence electrons. The minimum atomic E-state index is -4.42. The molecule has 6 aromatic rings. The number of carbonyl (C=O) groups excluding carboxylic acids is 1. The third-order valence-corrected chi connectivity index (χ3v) is 10.3. The minimum Gasteiger partial charge on any atom is -0.465 e. The molecule has 0 saturated heterocycles. The SMILES string of the molecule is COC(=O)c1ccc(-c2cccc(-c3c(-c4ccsc4C#N)c4cc(F)ccc4n3S(=O)(=O)c3ccc(F)c(C)c3)c2)c(Cl)c1. The number of halogens is 3. The number of hydrogen-bond acceptors (Lipinski definition) is 6. The van der Waals surface area contributed by atoms with Crippen LogP contribution in [-0.2, 0) is 14.8 Å². The smallest absolute Gasteiger partial charge is 0.337 e. The number of benzene rings is 4. The Hall–Kier alpha value is -4.82. The van der Waals surface area contributed by atoms with Gasteiger partial charge in [-0.3, -0.25) is 0 Å². The average molecular weight is 659 g/mol. The Morgan fingerprint density at radius 3 is 2.44 bits per heavy atom. The molecule has 0 saturated carbocycles. The van der Waals surface area contributed by atoms with Gasteiger partial charge in [0.2, 0.25) is 0 Å². The lowest BCUT2D eigenvalue weighted by molar-refractivity contribution is 0.0600. The number of ether oxygens (including phenoxy) is 1. The maximum Gasteiger partial charge on any atom is 0.337 e. The topological polar surface area (TPSA) is 89.2 Å². The molecule has 6 rings (SSSR count). The van der Waals surface area contributed by atoms with Crippen molar-refractivity contribution in [1.29, 1.82) is 5.26 Å². The molecule has 0 fully saturated rings. The molecule has 0 amide bonds. The monoisotopic (exact) mass is 658 g/mol. The molecule has 0 radical (unpaired) electrons. The van der Waals surface area contributed by atoms with Gasteiger partial charge in [-0.2, -0.15) is 5.26 Å². The van der Waals surface area contributed by atoms with Crippen molar-refractivity contribution in [2.24, 2.45) is 0 Å². The second-order valence-corrected chi connectivity index (χ2v) is 13.2.